The number of benzene rings is 1. The molecule has 1 heterocycles. The lowest BCUT2D eigenvalue weighted by Crippen LogP contribution is -2.14. The molecular formula is C11H6BrCl2FN2O2S. The largest absolute Gasteiger partial charge is 0.276 e. The summed E-state index contributed by atoms with van der Waals surface area (Å²) in [4.78, 5) is 3.40. The fourth-order valence-corrected chi connectivity index (χ4v) is 3.48. The zero-order chi connectivity index (χ0) is 14.9. The predicted octanol–water partition coefficient (Wildman–Crippen LogP) is 4.09. The predicted molar refractivity (Wildman–Crippen MR) is 79.2 cm³/mol. The normalized spacial score (nSPS) is 11.4. The first-order chi connectivity index (χ1) is 9.29. The van der Waals surface area contributed by atoms with Crippen molar-refractivity contribution in [2.45, 2.75) is 4.90 Å². The van der Waals surface area contributed by atoms with Gasteiger partial charge in [-0.15, -0.1) is 0 Å². The van der Waals surface area contributed by atoms with Gasteiger partial charge in [-0.05, 0) is 40.2 Å². The minimum Gasteiger partial charge on any atom is -0.276 e. The fraction of sp³-hybridized carbons (Fsp3) is 0. The van der Waals surface area contributed by atoms with Crippen LogP contribution >= 0.6 is 39.1 Å². The summed E-state index contributed by atoms with van der Waals surface area (Å²) >= 11 is 14.7. The summed E-state index contributed by atoms with van der Waals surface area (Å²) in [5.74, 6) is -0.715. The van der Waals surface area contributed by atoms with Gasteiger partial charge in [0.15, 0.2) is 5.15 Å². The van der Waals surface area contributed by atoms with Crippen LogP contribution in [0.25, 0.3) is 0 Å². The maximum Gasteiger partial charge on any atom is 0.263 e. The van der Waals surface area contributed by atoms with Crippen LogP contribution in [0, 0.1) is 5.82 Å². The molecule has 0 atom stereocenters. The average molecular weight is 400 g/mol. The van der Waals surface area contributed by atoms with Crippen molar-refractivity contribution in [3.05, 3.63) is 50.9 Å². The smallest absolute Gasteiger partial charge is 0.263 e. The molecule has 0 unspecified atom stereocenters. The number of hydrogen-bond donors (Lipinski definition) is 1. The van der Waals surface area contributed by atoms with Crippen LogP contribution in [0.1, 0.15) is 0 Å². The van der Waals surface area contributed by atoms with Crippen molar-refractivity contribution >= 4 is 54.8 Å². The van der Waals surface area contributed by atoms with E-state index in [2.05, 4.69) is 25.6 Å². The molecular weight excluding hydrogens is 394 g/mol. The molecule has 0 spiro atoms. The van der Waals surface area contributed by atoms with Gasteiger partial charge in [-0.25, -0.2) is 17.8 Å². The summed E-state index contributed by atoms with van der Waals surface area (Å²) < 4.78 is 40.3. The molecule has 0 radical (unpaired) electrons. The first-order valence-corrected chi connectivity index (χ1v) is 8.12. The lowest BCUT2D eigenvalue weighted by Gasteiger charge is -2.10. The van der Waals surface area contributed by atoms with Crippen molar-refractivity contribution in [1.82, 2.24) is 4.98 Å². The van der Waals surface area contributed by atoms with Crippen molar-refractivity contribution in [3.8, 4) is 0 Å². The number of pyridine rings is 1. The van der Waals surface area contributed by atoms with Crippen LogP contribution in [0.15, 0.2) is 39.8 Å². The number of anilines is 1. The molecule has 2 rings (SSSR count). The first kappa shape index (κ1) is 15.5. The van der Waals surface area contributed by atoms with Gasteiger partial charge >= 0.3 is 0 Å². The SMILES string of the molecule is O=S(=O)(Nc1cc(Br)cnc1Cl)c1cc(F)ccc1Cl. The first-order valence-electron chi connectivity index (χ1n) is 5.08. The molecule has 0 saturated carbocycles. The molecule has 0 bridgehead atoms. The second-order valence-electron chi connectivity index (χ2n) is 3.67. The summed E-state index contributed by atoms with van der Waals surface area (Å²) in [6.07, 6.45) is 1.41. The molecule has 0 saturated heterocycles. The van der Waals surface area contributed by atoms with Crippen LogP contribution in [0.4, 0.5) is 10.1 Å². The van der Waals surface area contributed by atoms with Gasteiger partial charge in [0.1, 0.15) is 10.7 Å². The maximum absolute atomic E-state index is 13.2. The van der Waals surface area contributed by atoms with Crippen molar-refractivity contribution in [3.63, 3.8) is 0 Å². The zero-order valence-electron chi connectivity index (χ0n) is 9.57. The van der Waals surface area contributed by atoms with E-state index in [9.17, 15) is 12.8 Å². The van der Waals surface area contributed by atoms with Gasteiger partial charge in [-0.2, -0.15) is 0 Å². The minimum atomic E-state index is -4.07. The lowest BCUT2D eigenvalue weighted by atomic mass is 10.3. The van der Waals surface area contributed by atoms with Crippen LogP contribution in [0.5, 0.6) is 0 Å². The number of nitrogens with zero attached hydrogens (tertiary/aromatic N) is 1. The van der Waals surface area contributed by atoms with Gasteiger partial charge in [-0.1, -0.05) is 23.2 Å². The minimum absolute atomic E-state index is 0.0377. The van der Waals surface area contributed by atoms with Crippen LogP contribution < -0.4 is 4.72 Å². The highest BCUT2D eigenvalue weighted by Gasteiger charge is 2.20. The summed E-state index contributed by atoms with van der Waals surface area (Å²) in [6.45, 7) is 0. The van der Waals surface area contributed by atoms with Crippen molar-refractivity contribution in [2.24, 2.45) is 0 Å². The summed E-state index contributed by atoms with van der Waals surface area (Å²) in [5.41, 5.74) is 0.0568. The van der Waals surface area contributed by atoms with Gasteiger partial charge in [0.05, 0.1) is 10.7 Å². The van der Waals surface area contributed by atoms with E-state index >= 15 is 0 Å². The van der Waals surface area contributed by atoms with E-state index in [1.807, 2.05) is 0 Å². The van der Waals surface area contributed by atoms with Crippen molar-refractivity contribution in [1.29, 1.82) is 0 Å². The Hall–Kier alpha value is -0.890. The lowest BCUT2D eigenvalue weighted by molar-refractivity contribution is 0.595. The highest BCUT2D eigenvalue weighted by atomic mass is 79.9. The number of nitrogens with one attached hydrogen (secondary N) is 1. The Balaban J connectivity index is 2.46. The van der Waals surface area contributed by atoms with Crippen LogP contribution in [0.2, 0.25) is 10.2 Å². The van der Waals surface area contributed by atoms with E-state index in [0.29, 0.717) is 4.47 Å². The molecule has 0 aliphatic rings. The Morgan fingerprint density at radius 2 is 1.95 bits per heavy atom. The Morgan fingerprint density at radius 1 is 1.25 bits per heavy atom. The van der Waals surface area contributed by atoms with E-state index in [1.54, 1.807) is 0 Å². The number of sulfonamides is 1. The molecule has 106 valence electrons. The van der Waals surface area contributed by atoms with Crippen molar-refractivity contribution < 1.29 is 12.8 Å². The standard InChI is InChI=1S/C11H6BrCl2FN2O2S/c12-6-3-9(11(14)16-5-6)17-20(18,19)10-4-7(15)1-2-8(10)13/h1-5,17H. The molecule has 9 heteroatoms. The number of halogens is 4. The zero-order valence-corrected chi connectivity index (χ0v) is 13.5. The molecule has 1 N–H and O–H groups in total. The third-order valence-corrected chi connectivity index (χ3v) is 4.81. The van der Waals surface area contributed by atoms with Crippen LogP contribution in [0.3, 0.4) is 0 Å². The second-order valence-corrected chi connectivity index (χ2v) is 7.00. The highest BCUT2D eigenvalue weighted by Crippen LogP contribution is 2.28. The van der Waals surface area contributed by atoms with E-state index in [4.69, 9.17) is 23.2 Å². The second kappa shape index (κ2) is 5.85. The third-order valence-electron chi connectivity index (χ3n) is 2.23. The Bertz CT molecular complexity index is 771. The Morgan fingerprint density at radius 3 is 2.65 bits per heavy atom. The highest BCUT2D eigenvalue weighted by molar-refractivity contribution is 9.10. The monoisotopic (exact) mass is 398 g/mol. The quantitative estimate of drug-likeness (QED) is 0.790. The van der Waals surface area contributed by atoms with Crippen molar-refractivity contribution in [2.75, 3.05) is 4.72 Å². The molecule has 2 aromatic rings. The molecule has 1 aromatic heterocycles. The van der Waals surface area contributed by atoms with E-state index in [1.165, 1.54) is 12.3 Å². The van der Waals surface area contributed by atoms with Gasteiger partial charge < -0.3 is 0 Å². The van der Waals surface area contributed by atoms with Gasteiger partial charge in [0.25, 0.3) is 10.0 Å². The van der Waals surface area contributed by atoms with E-state index in [0.717, 1.165) is 18.2 Å². The number of aromatic nitrogens is 1. The molecule has 20 heavy (non-hydrogen) atoms. The summed E-state index contributed by atoms with van der Waals surface area (Å²) in [5, 5.41) is -0.137. The average Bonchev–Trinajstić information content (AvgIpc) is 2.36. The summed E-state index contributed by atoms with van der Waals surface area (Å²) in [6, 6.07) is 4.48. The molecule has 1 aromatic carbocycles. The molecule has 0 amide bonds. The fourth-order valence-electron chi connectivity index (χ4n) is 1.38. The van der Waals surface area contributed by atoms with E-state index in [-0.39, 0.29) is 20.8 Å². The third kappa shape index (κ3) is 3.41. The summed E-state index contributed by atoms with van der Waals surface area (Å²) in [7, 11) is -4.07. The molecule has 4 nitrogen and oxygen atoms in total. The van der Waals surface area contributed by atoms with Gasteiger partial charge in [0, 0.05) is 10.7 Å². The number of hydrogen-bond acceptors (Lipinski definition) is 3. The van der Waals surface area contributed by atoms with Crippen LogP contribution in [-0.2, 0) is 10.0 Å². The molecule has 0 aliphatic heterocycles. The topological polar surface area (TPSA) is 59.1 Å². The van der Waals surface area contributed by atoms with Crippen LogP contribution in [-0.4, -0.2) is 13.4 Å². The number of rotatable bonds is 3. The van der Waals surface area contributed by atoms with E-state index < -0.39 is 15.8 Å². The van der Waals surface area contributed by atoms with Gasteiger partial charge in [0.2, 0.25) is 0 Å². The Kier molecular flexibility index (Phi) is 4.53. The maximum atomic E-state index is 13.2. The molecule has 0 aliphatic carbocycles. The van der Waals surface area contributed by atoms with Gasteiger partial charge in [-0.3, -0.25) is 4.72 Å². The Labute approximate surface area is 133 Å². The molecule has 0 fully saturated rings.